The summed E-state index contributed by atoms with van der Waals surface area (Å²) in [7, 11) is 0. The third kappa shape index (κ3) is 5.71. The van der Waals surface area contributed by atoms with Gasteiger partial charge in [0.15, 0.2) is 0 Å². The van der Waals surface area contributed by atoms with Crippen LogP contribution in [0.2, 0.25) is 0 Å². The van der Waals surface area contributed by atoms with Crippen molar-refractivity contribution >= 4 is 49.8 Å². The molecule has 54 heavy (non-hydrogen) atoms. The Morgan fingerprint density at radius 3 is 1.33 bits per heavy atom. The van der Waals surface area contributed by atoms with Crippen molar-refractivity contribution in [3.8, 4) is 44.5 Å². The van der Waals surface area contributed by atoms with Crippen LogP contribution in [0.15, 0.2) is 217 Å². The lowest BCUT2D eigenvalue weighted by atomic mass is 9.92. The molecule has 0 bridgehead atoms. The molecular weight excluding hydrogens is 655 g/mol. The fourth-order valence-corrected chi connectivity index (χ4v) is 7.79. The lowest BCUT2D eigenvalue weighted by molar-refractivity contribution is 0.669. The molecule has 0 spiro atoms. The van der Waals surface area contributed by atoms with E-state index in [-0.39, 0.29) is 0 Å². The number of hydrogen-bond donors (Lipinski definition) is 0. The van der Waals surface area contributed by atoms with Crippen LogP contribution in [0.25, 0.3) is 77.2 Å². The summed E-state index contributed by atoms with van der Waals surface area (Å²) >= 11 is 0. The third-order valence-electron chi connectivity index (χ3n) is 10.5. The predicted molar refractivity (Wildman–Crippen MR) is 228 cm³/mol. The van der Waals surface area contributed by atoms with Crippen LogP contribution in [0.3, 0.4) is 0 Å². The van der Waals surface area contributed by atoms with Crippen LogP contribution in [0, 0.1) is 0 Å². The highest BCUT2D eigenvalue weighted by Crippen LogP contribution is 2.42. The summed E-state index contributed by atoms with van der Waals surface area (Å²) in [6.07, 6.45) is 0. The molecular formula is C52H35NO. The SMILES string of the molecule is c1ccc(-c2ccc(-c3ccc(N(c4ccccc4)c4ccc(-c5ccc6c(c5)c(-c5ccccc5)cc5oc7ccccc7c56)cc4)cc3)cc2)cc1. The maximum absolute atomic E-state index is 6.39. The first-order chi connectivity index (χ1) is 26.8. The lowest BCUT2D eigenvalue weighted by Gasteiger charge is -2.26. The lowest BCUT2D eigenvalue weighted by Crippen LogP contribution is -2.09. The van der Waals surface area contributed by atoms with Crippen LogP contribution in [0.4, 0.5) is 17.1 Å². The molecule has 10 aromatic rings. The van der Waals surface area contributed by atoms with Gasteiger partial charge in [0, 0.05) is 27.8 Å². The van der Waals surface area contributed by atoms with Gasteiger partial charge in [-0.2, -0.15) is 0 Å². The van der Waals surface area contributed by atoms with Gasteiger partial charge in [-0.3, -0.25) is 0 Å². The van der Waals surface area contributed by atoms with Crippen molar-refractivity contribution in [3.63, 3.8) is 0 Å². The molecule has 0 unspecified atom stereocenters. The molecule has 9 aromatic carbocycles. The molecule has 2 nitrogen and oxygen atoms in total. The van der Waals surface area contributed by atoms with E-state index in [1.54, 1.807) is 0 Å². The van der Waals surface area contributed by atoms with E-state index in [0.717, 1.165) is 39.0 Å². The Bertz CT molecular complexity index is 2880. The van der Waals surface area contributed by atoms with Gasteiger partial charge >= 0.3 is 0 Å². The van der Waals surface area contributed by atoms with E-state index in [1.165, 1.54) is 55.3 Å². The molecule has 0 atom stereocenters. The average molecular weight is 690 g/mol. The normalized spacial score (nSPS) is 11.3. The first-order valence-electron chi connectivity index (χ1n) is 18.4. The molecule has 0 saturated heterocycles. The van der Waals surface area contributed by atoms with E-state index in [2.05, 4.69) is 211 Å². The number of hydrogen-bond acceptors (Lipinski definition) is 2. The first-order valence-corrected chi connectivity index (χ1v) is 18.4. The van der Waals surface area contributed by atoms with Gasteiger partial charge in [0.25, 0.3) is 0 Å². The van der Waals surface area contributed by atoms with Crippen molar-refractivity contribution in [2.24, 2.45) is 0 Å². The molecule has 10 rings (SSSR count). The van der Waals surface area contributed by atoms with E-state index >= 15 is 0 Å². The molecule has 1 aromatic heterocycles. The minimum absolute atomic E-state index is 0.911. The molecule has 0 saturated carbocycles. The highest BCUT2D eigenvalue weighted by Gasteiger charge is 2.17. The Labute approximate surface area is 314 Å². The smallest absolute Gasteiger partial charge is 0.136 e. The highest BCUT2D eigenvalue weighted by molar-refractivity contribution is 6.22. The quantitative estimate of drug-likeness (QED) is 0.166. The second-order valence-corrected chi connectivity index (χ2v) is 13.7. The standard InChI is InChI=1S/C52H35NO/c1-4-12-36(13-5-1)37-20-22-38(23-21-37)39-24-29-44(30-25-39)53(43-16-8-3-9-17-43)45-31-26-40(27-32-45)42-28-33-46-49(34-42)48(41-14-6-2-7-15-41)35-51-52(46)47-18-10-11-19-50(47)54-51/h1-35H. The summed E-state index contributed by atoms with van der Waals surface area (Å²) in [6, 6.07) is 75.8. The molecule has 0 N–H and O–H groups in total. The molecule has 1 heterocycles. The van der Waals surface area contributed by atoms with Gasteiger partial charge in [-0.25, -0.2) is 0 Å². The summed E-state index contributed by atoms with van der Waals surface area (Å²) < 4.78 is 6.39. The zero-order valence-electron chi connectivity index (χ0n) is 29.6. The summed E-state index contributed by atoms with van der Waals surface area (Å²) in [5.74, 6) is 0. The molecule has 254 valence electrons. The van der Waals surface area contributed by atoms with Crippen molar-refractivity contribution < 1.29 is 4.42 Å². The number of nitrogens with zero attached hydrogens (tertiary/aromatic N) is 1. The number of anilines is 3. The van der Waals surface area contributed by atoms with E-state index in [0.29, 0.717) is 0 Å². The van der Waals surface area contributed by atoms with Crippen molar-refractivity contribution in [2.75, 3.05) is 4.90 Å². The van der Waals surface area contributed by atoms with Crippen molar-refractivity contribution in [3.05, 3.63) is 212 Å². The van der Waals surface area contributed by atoms with Crippen molar-refractivity contribution in [2.45, 2.75) is 0 Å². The van der Waals surface area contributed by atoms with Crippen LogP contribution < -0.4 is 4.90 Å². The Balaban J connectivity index is 1.01. The number of rotatable bonds is 7. The first kappa shape index (κ1) is 31.6. The molecule has 0 aliphatic heterocycles. The summed E-state index contributed by atoms with van der Waals surface area (Å²) in [5, 5.41) is 4.71. The summed E-state index contributed by atoms with van der Waals surface area (Å²) in [5.41, 5.74) is 14.7. The van der Waals surface area contributed by atoms with Crippen molar-refractivity contribution in [1.82, 2.24) is 0 Å². The molecule has 0 radical (unpaired) electrons. The van der Waals surface area contributed by atoms with Gasteiger partial charge in [0.05, 0.1) is 0 Å². The van der Waals surface area contributed by atoms with E-state index < -0.39 is 0 Å². The van der Waals surface area contributed by atoms with Gasteiger partial charge in [-0.15, -0.1) is 0 Å². The maximum atomic E-state index is 6.39. The molecule has 0 fully saturated rings. The summed E-state index contributed by atoms with van der Waals surface area (Å²) in [6.45, 7) is 0. The second-order valence-electron chi connectivity index (χ2n) is 13.7. The zero-order valence-corrected chi connectivity index (χ0v) is 29.6. The Hall–Kier alpha value is -7.16. The van der Waals surface area contributed by atoms with E-state index in [9.17, 15) is 0 Å². The summed E-state index contributed by atoms with van der Waals surface area (Å²) in [4.78, 5) is 2.32. The predicted octanol–water partition coefficient (Wildman–Crippen LogP) is 14.9. The van der Waals surface area contributed by atoms with E-state index in [4.69, 9.17) is 4.42 Å². The van der Waals surface area contributed by atoms with Crippen molar-refractivity contribution in [1.29, 1.82) is 0 Å². The second kappa shape index (κ2) is 13.4. The number of para-hydroxylation sites is 2. The Morgan fingerprint density at radius 1 is 0.278 bits per heavy atom. The zero-order chi connectivity index (χ0) is 35.8. The highest BCUT2D eigenvalue weighted by atomic mass is 16.3. The Morgan fingerprint density at radius 2 is 0.722 bits per heavy atom. The van der Waals surface area contributed by atoms with Gasteiger partial charge < -0.3 is 9.32 Å². The van der Waals surface area contributed by atoms with Crippen LogP contribution in [0.1, 0.15) is 0 Å². The molecule has 0 aliphatic rings. The largest absolute Gasteiger partial charge is 0.456 e. The van der Waals surface area contributed by atoms with Gasteiger partial charge in [0.2, 0.25) is 0 Å². The van der Waals surface area contributed by atoms with Gasteiger partial charge in [-0.1, -0.05) is 158 Å². The van der Waals surface area contributed by atoms with Gasteiger partial charge in [0.1, 0.15) is 11.2 Å². The fraction of sp³-hybridized carbons (Fsp3) is 0. The molecule has 0 amide bonds. The van der Waals surface area contributed by atoms with Crippen LogP contribution in [-0.4, -0.2) is 0 Å². The Kier molecular flexibility index (Phi) is 7.85. The van der Waals surface area contributed by atoms with E-state index in [1.807, 2.05) is 6.07 Å². The fourth-order valence-electron chi connectivity index (χ4n) is 7.79. The molecule has 2 heteroatoms. The monoisotopic (exact) mass is 689 g/mol. The number of benzene rings is 9. The van der Waals surface area contributed by atoms with Crippen LogP contribution in [-0.2, 0) is 0 Å². The van der Waals surface area contributed by atoms with Gasteiger partial charge in [-0.05, 0) is 110 Å². The average Bonchev–Trinajstić information content (AvgIpc) is 3.64. The van der Waals surface area contributed by atoms with Crippen LogP contribution in [0.5, 0.6) is 0 Å². The minimum atomic E-state index is 0.911. The molecule has 0 aliphatic carbocycles. The topological polar surface area (TPSA) is 16.4 Å². The van der Waals surface area contributed by atoms with Crippen LogP contribution >= 0.6 is 0 Å². The number of furan rings is 1. The maximum Gasteiger partial charge on any atom is 0.136 e. The third-order valence-corrected chi connectivity index (χ3v) is 10.5. The minimum Gasteiger partial charge on any atom is -0.456 e. The number of fused-ring (bicyclic) bond motifs is 5.